The summed E-state index contributed by atoms with van der Waals surface area (Å²) in [6, 6.07) is 6.36. The Morgan fingerprint density at radius 2 is 1.93 bits per heavy atom. The minimum atomic E-state index is -0.527. The van der Waals surface area contributed by atoms with Crippen molar-refractivity contribution in [1.29, 1.82) is 0 Å². The van der Waals surface area contributed by atoms with Crippen LogP contribution in [0.3, 0.4) is 0 Å². The Labute approximate surface area is 160 Å². The average Bonchev–Trinajstić information content (AvgIpc) is 3.15. The molecule has 27 heavy (non-hydrogen) atoms. The summed E-state index contributed by atoms with van der Waals surface area (Å²) in [4.78, 5) is 23.9. The molecule has 3 N–H and O–H groups in total. The van der Waals surface area contributed by atoms with Crippen molar-refractivity contribution >= 4 is 34.4 Å². The summed E-state index contributed by atoms with van der Waals surface area (Å²) in [6.45, 7) is 0. The minimum absolute atomic E-state index is 0.0449. The van der Waals surface area contributed by atoms with Gasteiger partial charge in [-0.25, -0.2) is 14.4 Å². The van der Waals surface area contributed by atoms with Gasteiger partial charge >= 0.3 is 0 Å². The molecule has 0 saturated heterocycles. The molecular weight excluding hydrogens is 369 g/mol. The first-order valence-electron chi connectivity index (χ1n) is 8.90. The van der Waals surface area contributed by atoms with Gasteiger partial charge in [-0.15, -0.1) is 0 Å². The van der Waals surface area contributed by atoms with Crippen LogP contribution < -0.4 is 10.6 Å². The van der Waals surface area contributed by atoms with Gasteiger partial charge in [0.1, 0.15) is 23.6 Å². The van der Waals surface area contributed by atoms with Gasteiger partial charge in [-0.2, -0.15) is 0 Å². The first-order chi connectivity index (χ1) is 13.1. The minimum Gasteiger partial charge on any atom is -0.367 e. The Bertz CT molecular complexity index is 968. The van der Waals surface area contributed by atoms with Crippen LogP contribution in [0.2, 0.25) is 5.02 Å². The second-order valence-corrected chi connectivity index (χ2v) is 7.16. The number of rotatable bonds is 4. The molecule has 140 valence electrons. The van der Waals surface area contributed by atoms with Crippen LogP contribution in [0.25, 0.3) is 11.0 Å². The third-order valence-corrected chi connectivity index (χ3v) is 5.23. The highest BCUT2D eigenvalue weighted by atomic mass is 35.5. The van der Waals surface area contributed by atoms with Gasteiger partial charge in [-0.05, 0) is 49.9 Å². The van der Waals surface area contributed by atoms with Crippen molar-refractivity contribution < 1.29 is 9.18 Å². The van der Waals surface area contributed by atoms with E-state index in [-0.39, 0.29) is 17.0 Å². The average molecular weight is 388 g/mol. The number of halogens is 2. The quantitative estimate of drug-likeness (QED) is 0.634. The van der Waals surface area contributed by atoms with Crippen molar-refractivity contribution in [1.82, 2.24) is 20.3 Å². The molecule has 1 aliphatic rings. The van der Waals surface area contributed by atoms with Crippen LogP contribution >= 0.6 is 11.6 Å². The molecule has 1 aromatic carbocycles. The highest BCUT2D eigenvalue weighted by molar-refractivity contribution is 6.31. The normalized spacial score (nSPS) is 19.8. The number of anilines is 1. The Morgan fingerprint density at radius 3 is 2.70 bits per heavy atom. The number of fused-ring (bicyclic) bond motifs is 1. The third kappa shape index (κ3) is 3.88. The zero-order valence-electron chi connectivity index (χ0n) is 14.5. The summed E-state index contributed by atoms with van der Waals surface area (Å²) in [5.74, 6) is 0.0777. The van der Waals surface area contributed by atoms with Gasteiger partial charge in [0.25, 0.3) is 5.91 Å². The standard InChI is InChI=1S/C19H19ClFN5O/c20-15-9-11(1-6-16(15)21)19(27)26-13-4-2-12(3-5-13)25-18-14-7-8-22-17(14)23-10-24-18/h1,6-10,12-13H,2-5H2,(H,26,27)(H2,22,23,24,25)/t12-,13+. The monoisotopic (exact) mass is 387 g/mol. The zero-order valence-corrected chi connectivity index (χ0v) is 15.3. The summed E-state index contributed by atoms with van der Waals surface area (Å²) in [5.41, 5.74) is 1.18. The predicted molar refractivity (Wildman–Crippen MR) is 102 cm³/mol. The van der Waals surface area contributed by atoms with Crippen LogP contribution in [-0.2, 0) is 0 Å². The maximum atomic E-state index is 13.2. The molecule has 0 unspecified atom stereocenters. The Kier molecular flexibility index (Phi) is 4.94. The molecule has 0 atom stereocenters. The SMILES string of the molecule is O=C(N[C@H]1CC[C@@H](Nc2ncnc3[nH]ccc23)CC1)c1ccc(F)c(Cl)c1. The van der Waals surface area contributed by atoms with E-state index >= 15 is 0 Å². The molecule has 6 nitrogen and oxygen atoms in total. The predicted octanol–water partition coefficient (Wildman–Crippen LogP) is 3.90. The van der Waals surface area contributed by atoms with Gasteiger partial charge in [0.2, 0.25) is 0 Å². The van der Waals surface area contributed by atoms with E-state index in [0.29, 0.717) is 11.6 Å². The van der Waals surface area contributed by atoms with Crippen molar-refractivity contribution in [2.45, 2.75) is 37.8 Å². The van der Waals surface area contributed by atoms with E-state index in [9.17, 15) is 9.18 Å². The van der Waals surface area contributed by atoms with E-state index in [0.717, 1.165) is 42.5 Å². The molecule has 1 fully saturated rings. The number of amides is 1. The molecule has 1 saturated carbocycles. The smallest absolute Gasteiger partial charge is 0.251 e. The number of carbonyl (C=O) groups is 1. The number of benzene rings is 1. The summed E-state index contributed by atoms with van der Waals surface area (Å²) >= 11 is 5.75. The second kappa shape index (κ2) is 7.52. The summed E-state index contributed by atoms with van der Waals surface area (Å²) in [5, 5.41) is 7.43. The number of carbonyl (C=O) groups excluding carboxylic acids is 1. The largest absolute Gasteiger partial charge is 0.367 e. The molecule has 0 aliphatic heterocycles. The van der Waals surface area contributed by atoms with E-state index in [1.165, 1.54) is 18.2 Å². The van der Waals surface area contributed by atoms with Gasteiger partial charge in [-0.3, -0.25) is 4.79 Å². The van der Waals surface area contributed by atoms with Crippen LogP contribution in [0.4, 0.5) is 10.2 Å². The van der Waals surface area contributed by atoms with E-state index in [2.05, 4.69) is 25.6 Å². The van der Waals surface area contributed by atoms with Crippen LogP contribution in [0.1, 0.15) is 36.0 Å². The lowest BCUT2D eigenvalue weighted by Gasteiger charge is -2.30. The van der Waals surface area contributed by atoms with Crippen molar-refractivity contribution in [3.05, 3.63) is 53.2 Å². The van der Waals surface area contributed by atoms with E-state index in [1.54, 1.807) is 6.33 Å². The zero-order chi connectivity index (χ0) is 18.8. The van der Waals surface area contributed by atoms with Crippen molar-refractivity contribution in [2.75, 3.05) is 5.32 Å². The molecular formula is C19H19ClFN5O. The Hall–Kier alpha value is -2.67. The van der Waals surface area contributed by atoms with Gasteiger partial charge in [0, 0.05) is 23.8 Å². The summed E-state index contributed by atoms with van der Waals surface area (Å²) < 4.78 is 13.2. The molecule has 0 radical (unpaired) electrons. The number of nitrogens with one attached hydrogen (secondary N) is 3. The number of aromatic amines is 1. The molecule has 1 aliphatic carbocycles. The number of nitrogens with zero attached hydrogens (tertiary/aromatic N) is 2. The van der Waals surface area contributed by atoms with Gasteiger partial charge in [-0.1, -0.05) is 11.6 Å². The summed E-state index contributed by atoms with van der Waals surface area (Å²) in [7, 11) is 0. The first kappa shape index (κ1) is 17.7. The van der Waals surface area contributed by atoms with Crippen molar-refractivity contribution in [2.24, 2.45) is 0 Å². The van der Waals surface area contributed by atoms with Crippen molar-refractivity contribution in [3.63, 3.8) is 0 Å². The van der Waals surface area contributed by atoms with Crippen molar-refractivity contribution in [3.8, 4) is 0 Å². The lowest BCUT2D eigenvalue weighted by atomic mass is 9.91. The summed E-state index contributed by atoms with van der Waals surface area (Å²) in [6.07, 6.45) is 6.95. The second-order valence-electron chi connectivity index (χ2n) is 6.76. The number of hydrogen-bond donors (Lipinski definition) is 3. The fourth-order valence-corrected chi connectivity index (χ4v) is 3.65. The Morgan fingerprint density at radius 1 is 1.15 bits per heavy atom. The molecule has 2 aromatic heterocycles. The van der Waals surface area contributed by atoms with Crippen LogP contribution in [0.5, 0.6) is 0 Å². The first-order valence-corrected chi connectivity index (χ1v) is 9.28. The fraction of sp³-hybridized carbons (Fsp3) is 0.316. The van der Waals surface area contributed by atoms with Crippen LogP contribution in [0.15, 0.2) is 36.8 Å². The molecule has 3 aromatic rings. The van der Waals surface area contributed by atoms with E-state index in [4.69, 9.17) is 11.6 Å². The lowest BCUT2D eigenvalue weighted by Crippen LogP contribution is -2.40. The molecule has 2 heterocycles. The third-order valence-electron chi connectivity index (χ3n) is 4.94. The highest BCUT2D eigenvalue weighted by Gasteiger charge is 2.23. The molecule has 4 rings (SSSR count). The molecule has 0 spiro atoms. The van der Waals surface area contributed by atoms with E-state index < -0.39 is 5.82 Å². The maximum Gasteiger partial charge on any atom is 0.251 e. The lowest BCUT2D eigenvalue weighted by molar-refractivity contribution is 0.0926. The highest BCUT2D eigenvalue weighted by Crippen LogP contribution is 2.25. The fourth-order valence-electron chi connectivity index (χ4n) is 3.47. The van der Waals surface area contributed by atoms with Gasteiger partial charge < -0.3 is 15.6 Å². The topological polar surface area (TPSA) is 82.7 Å². The molecule has 8 heteroatoms. The Balaban J connectivity index is 1.33. The maximum absolute atomic E-state index is 13.2. The number of aromatic nitrogens is 3. The number of hydrogen-bond acceptors (Lipinski definition) is 4. The molecule has 0 bridgehead atoms. The number of H-pyrrole nitrogens is 1. The molecule has 1 amide bonds. The van der Waals surface area contributed by atoms with Gasteiger partial charge in [0.05, 0.1) is 10.4 Å². The van der Waals surface area contributed by atoms with Crippen LogP contribution in [-0.4, -0.2) is 32.9 Å². The van der Waals surface area contributed by atoms with Gasteiger partial charge in [0.15, 0.2) is 0 Å². The van der Waals surface area contributed by atoms with E-state index in [1.807, 2.05) is 12.3 Å². The van der Waals surface area contributed by atoms with Crippen LogP contribution in [0, 0.1) is 5.82 Å².